The number of hydrogen-bond donors (Lipinski definition) is 1. The lowest BCUT2D eigenvalue weighted by Crippen LogP contribution is -2.52. The molecule has 6 atom stereocenters. The van der Waals surface area contributed by atoms with Gasteiger partial charge in [-0.25, -0.2) is 4.99 Å². The fourth-order valence-electron chi connectivity index (χ4n) is 9.23. The summed E-state index contributed by atoms with van der Waals surface area (Å²) >= 11 is 0. The minimum atomic E-state index is 0.254. The summed E-state index contributed by atoms with van der Waals surface area (Å²) in [4.78, 5) is 5.48. The predicted octanol–water partition coefficient (Wildman–Crippen LogP) is 9.73. The van der Waals surface area contributed by atoms with Gasteiger partial charge >= 0.3 is 0 Å². The highest BCUT2D eigenvalue weighted by molar-refractivity contribution is 5.99. The van der Waals surface area contributed by atoms with Crippen LogP contribution in [0.5, 0.6) is 0 Å². The lowest BCUT2D eigenvalue weighted by Gasteiger charge is -2.36. The van der Waals surface area contributed by atoms with E-state index in [4.69, 9.17) is 11.4 Å². The number of hydrogen-bond acceptors (Lipinski definition) is 2. The van der Waals surface area contributed by atoms with E-state index in [0.717, 1.165) is 39.6 Å². The van der Waals surface area contributed by atoms with Crippen molar-refractivity contribution in [2.75, 3.05) is 14.1 Å². The number of allylic oxidation sites excluding steroid dienone is 2. The van der Waals surface area contributed by atoms with Crippen molar-refractivity contribution < 1.29 is 4.48 Å². The molecule has 1 aromatic carbocycles. The van der Waals surface area contributed by atoms with Crippen molar-refractivity contribution in [2.45, 2.75) is 123 Å². The van der Waals surface area contributed by atoms with Crippen LogP contribution in [0.1, 0.15) is 122 Å². The first kappa shape index (κ1) is 32.0. The van der Waals surface area contributed by atoms with E-state index >= 15 is 0 Å². The largest absolute Gasteiger partial charge is 0.305 e. The fourth-order valence-corrected chi connectivity index (χ4v) is 9.23. The highest BCUT2D eigenvalue weighted by Crippen LogP contribution is 2.46. The van der Waals surface area contributed by atoms with Crippen LogP contribution in [0.2, 0.25) is 0 Å². The Bertz CT molecular complexity index is 1280. The van der Waals surface area contributed by atoms with Gasteiger partial charge in [0.15, 0.2) is 0 Å². The monoisotopic (exact) mass is 580 g/mol. The summed E-state index contributed by atoms with van der Waals surface area (Å²) < 4.78 is 0.935. The van der Waals surface area contributed by atoms with Crippen LogP contribution in [-0.4, -0.2) is 42.2 Å². The third-order valence-electron chi connectivity index (χ3n) is 12.4. The summed E-state index contributed by atoms with van der Waals surface area (Å²) in [7, 11) is 4.82. The Kier molecular flexibility index (Phi) is 9.87. The maximum atomic E-state index is 9.21. The third-order valence-corrected chi connectivity index (χ3v) is 12.4. The van der Waals surface area contributed by atoms with Crippen LogP contribution in [0.15, 0.2) is 52.6 Å². The van der Waals surface area contributed by atoms with Crippen molar-refractivity contribution in [3.05, 3.63) is 58.7 Å². The molecule has 1 aliphatic heterocycles. The maximum absolute atomic E-state index is 9.21. The molecule has 2 bridgehead atoms. The zero-order chi connectivity index (χ0) is 30.9. The van der Waals surface area contributed by atoms with Crippen molar-refractivity contribution in [3.8, 4) is 12.3 Å². The van der Waals surface area contributed by atoms with Crippen LogP contribution in [0.25, 0.3) is 0 Å². The van der Waals surface area contributed by atoms with Crippen LogP contribution in [0, 0.1) is 47.3 Å². The fraction of sp³-hybridized carbons (Fsp3) is 0.650. The van der Waals surface area contributed by atoms with Gasteiger partial charge in [0.05, 0.1) is 14.1 Å². The molecule has 0 saturated heterocycles. The molecule has 4 aliphatic carbocycles. The summed E-state index contributed by atoms with van der Waals surface area (Å²) in [6, 6.07) is 9.73. The van der Waals surface area contributed by atoms with Gasteiger partial charge in [0.2, 0.25) is 5.84 Å². The van der Waals surface area contributed by atoms with Crippen molar-refractivity contribution in [1.29, 1.82) is 5.41 Å². The van der Waals surface area contributed by atoms with Crippen molar-refractivity contribution >= 4 is 11.5 Å². The zero-order valence-electron chi connectivity index (χ0n) is 28.1. The Morgan fingerprint density at radius 3 is 2.37 bits per heavy atom. The number of quaternary nitrogens is 1. The quantitative estimate of drug-likeness (QED) is 0.138. The summed E-state index contributed by atoms with van der Waals surface area (Å²) in [6.07, 6.45) is 20.8. The molecule has 6 unspecified atom stereocenters. The molecule has 1 aromatic rings. The number of benzene rings is 1. The Balaban J connectivity index is 1.20. The number of nitrogens with one attached hydrogen (secondary N) is 1. The number of rotatable bonds is 8. The minimum absolute atomic E-state index is 0.254. The first-order valence-corrected chi connectivity index (χ1v) is 17.4. The average Bonchev–Trinajstić information content (AvgIpc) is 3.10. The van der Waals surface area contributed by atoms with Crippen LogP contribution in [-0.2, 0) is 0 Å². The topological polar surface area (TPSA) is 36.2 Å². The van der Waals surface area contributed by atoms with Crippen LogP contribution >= 0.6 is 0 Å². The molecule has 1 heterocycles. The molecule has 4 fully saturated rings. The highest BCUT2D eigenvalue weighted by Gasteiger charge is 2.49. The number of likely N-dealkylation sites (N-methyl/N-ethyl adjacent to an activating group) is 1. The van der Waals surface area contributed by atoms with Gasteiger partial charge in [0.25, 0.3) is 0 Å². The van der Waals surface area contributed by atoms with Crippen LogP contribution in [0.4, 0.5) is 0 Å². The molecule has 232 valence electrons. The highest BCUT2D eigenvalue weighted by atomic mass is 15.4. The molecule has 1 N–H and O–H groups in total. The summed E-state index contributed by atoms with van der Waals surface area (Å²) in [5.74, 6) is 7.63. The molecule has 0 radical (unpaired) electrons. The van der Waals surface area contributed by atoms with E-state index in [1.807, 2.05) is 0 Å². The number of amidine groups is 1. The number of nitrogens with zero attached hydrogens (tertiary/aromatic N) is 2. The first-order chi connectivity index (χ1) is 20.5. The smallest absolute Gasteiger partial charge is 0.226 e. The number of fused-ring (bicyclic) bond motifs is 2. The molecule has 43 heavy (non-hydrogen) atoms. The molecule has 6 rings (SSSR count). The van der Waals surface area contributed by atoms with E-state index in [0.29, 0.717) is 23.9 Å². The second-order valence-electron chi connectivity index (χ2n) is 15.5. The normalized spacial score (nSPS) is 32.2. The molecule has 3 heteroatoms. The predicted molar refractivity (Wildman–Crippen MR) is 184 cm³/mol. The van der Waals surface area contributed by atoms with E-state index in [9.17, 15) is 5.41 Å². The number of aliphatic imine (C=N–C) groups is 1. The van der Waals surface area contributed by atoms with Gasteiger partial charge in [0.1, 0.15) is 12.1 Å². The van der Waals surface area contributed by atoms with E-state index < -0.39 is 0 Å². The summed E-state index contributed by atoms with van der Waals surface area (Å²) in [6.45, 7) is 13.7. The Morgan fingerprint density at radius 2 is 1.67 bits per heavy atom. The van der Waals surface area contributed by atoms with Gasteiger partial charge in [-0.2, -0.15) is 0 Å². The molecule has 0 aromatic heterocycles. The Labute approximate surface area is 263 Å². The Morgan fingerprint density at radius 1 is 0.977 bits per heavy atom. The van der Waals surface area contributed by atoms with Crippen molar-refractivity contribution in [3.63, 3.8) is 0 Å². The van der Waals surface area contributed by atoms with Gasteiger partial charge in [-0.05, 0) is 124 Å². The molecular formula is C40H58N3+. The molecule has 0 amide bonds. The summed E-state index contributed by atoms with van der Waals surface area (Å²) in [5.41, 5.74) is 6.99. The van der Waals surface area contributed by atoms with E-state index in [1.54, 1.807) is 0 Å². The zero-order valence-corrected chi connectivity index (χ0v) is 28.1. The van der Waals surface area contributed by atoms with Crippen LogP contribution < -0.4 is 0 Å². The average molecular weight is 581 g/mol. The SMILES string of the molecule is C#Cc1ccc(C2CCCC(C(C)C(=N)C(=C)C(C)CC(C)=C(C)C3=NC4CC5CC(CCCC4[N+]3(C)C)C5)CC2)cc1. The van der Waals surface area contributed by atoms with Crippen LogP contribution in [0.3, 0.4) is 0 Å². The summed E-state index contributed by atoms with van der Waals surface area (Å²) in [5, 5.41) is 9.21. The van der Waals surface area contributed by atoms with Crippen molar-refractivity contribution in [2.24, 2.45) is 34.6 Å². The van der Waals surface area contributed by atoms with E-state index in [1.165, 1.54) is 93.2 Å². The molecule has 4 saturated carbocycles. The molecular weight excluding hydrogens is 522 g/mol. The molecule has 5 aliphatic rings. The lowest BCUT2D eigenvalue weighted by atomic mass is 9.71. The molecule has 3 nitrogen and oxygen atoms in total. The van der Waals surface area contributed by atoms with Gasteiger partial charge in [0, 0.05) is 29.2 Å². The second-order valence-corrected chi connectivity index (χ2v) is 15.5. The van der Waals surface area contributed by atoms with Gasteiger partial charge < -0.3 is 5.41 Å². The van der Waals surface area contributed by atoms with Gasteiger partial charge in [-0.1, -0.05) is 56.9 Å². The second kappa shape index (κ2) is 13.3. The number of terminal acetylenes is 1. The Hall–Kier alpha value is -2.44. The third kappa shape index (κ3) is 6.81. The standard InChI is InChI=1S/C40H58N3/c1-9-31-16-18-36(19-17-31)35-14-11-13-34(20-21-35)30(6)39(41)28(4)26(2)22-27(3)29(5)40-42-37-25-33-23-32(24-33)12-10-15-38(37)43(40,7)8/h1,16-19,26,30,32-35,37-38,41H,4,10-15,20-25H2,2-3,5-8H3/q+1. The van der Waals surface area contributed by atoms with Crippen molar-refractivity contribution in [1.82, 2.24) is 0 Å². The van der Waals surface area contributed by atoms with Gasteiger partial charge in [-0.3, -0.25) is 4.48 Å². The maximum Gasteiger partial charge on any atom is 0.226 e. The minimum Gasteiger partial charge on any atom is -0.305 e. The van der Waals surface area contributed by atoms with E-state index in [-0.39, 0.29) is 11.8 Å². The lowest BCUT2D eigenvalue weighted by molar-refractivity contribution is -0.822. The molecule has 0 spiro atoms. The van der Waals surface area contributed by atoms with E-state index in [2.05, 4.69) is 78.6 Å². The first-order valence-electron chi connectivity index (χ1n) is 17.4. The van der Waals surface area contributed by atoms with Gasteiger partial charge in [-0.15, -0.1) is 6.42 Å².